The number of hydrogen-bond acceptors (Lipinski definition) is 8. The van der Waals surface area contributed by atoms with Gasteiger partial charge in [0.05, 0.1) is 32.2 Å². The molecule has 2 aromatic carbocycles. The summed E-state index contributed by atoms with van der Waals surface area (Å²) in [6, 6.07) is 15.5. The van der Waals surface area contributed by atoms with Crippen LogP contribution in [0.25, 0.3) is 0 Å². The minimum absolute atomic E-state index is 0.111. The van der Waals surface area contributed by atoms with Gasteiger partial charge < -0.3 is 18.8 Å². The van der Waals surface area contributed by atoms with Crippen molar-refractivity contribution >= 4 is 10.0 Å². The van der Waals surface area contributed by atoms with Crippen LogP contribution in [-0.4, -0.2) is 73.1 Å². The molecule has 40 heavy (non-hydrogen) atoms. The van der Waals surface area contributed by atoms with Gasteiger partial charge in [-0.1, -0.05) is 12.1 Å². The number of ether oxygens (including phenoxy) is 3. The van der Waals surface area contributed by atoms with Crippen molar-refractivity contribution < 1.29 is 22.6 Å². The summed E-state index contributed by atoms with van der Waals surface area (Å²) in [5, 5.41) is 9.34. The Labute approximate surface area is 235 Å². The molecule has 2 saturated heterocycles. The van der Waals surface area contributed by atoms with Gasteiger partial charge in [-0.2, -0.15) is 9.57 Å². The molecule has 0 radical (unpaired) electrons. The lowest BCUT2D eigenvalue weighted by Gasteiger charge is -2.40. The maximum atomic E-state index is 13.2. The number of hydrogen-bond donors (Lipinski definition) is 0. The van der Waals surface area contributed by atoms with Gasteiger partial charge in [-0.15, -0.1) is 0 Å². The first-order valence-corrected chi connectivity index (χ1v) is 14.9. The van der Waals surface area contributed by atoms with E-state index in [0.717, 1.165) is 37.8 Å². The van der Waals surface area contributed by atoms with Gasteiger partial charge in [-0.05, 0) is 62.1 Å². The number of sulfonamides is 1. The second-order valence-electron chi connectivity index (χ2n) is 10.3. The third-order valence-corrected chi connectivity index (χ3v) is 9.53. The number of nitriles is 1. The number of benzene rings is 2. The summed E-state index contributed by atoms with van der Waals surface area (Å²) < 4.78 is 46.9. The summed E-state index contributed by atoms with van der Waals surface area (Å²) in [6.07, 6.45) is 6.45. The standard InChI is InChI=1S/C29H35N5O5S/c1-32-19-29(31-20-32)40(35,36)33-17-23-10-11-24(18-33)34(23)14-4-5-26(22-8-6-21(16-30)7-9-22)39-25-12-13-27(37-2)28(15-25)38-3/h6-9,12-13,15,19-20,23-24,26H,4-5,10-11,14,17-18H2,1-3H3/t23?,24?,26-/m0/s1. The molecule has 0 amide bonds. The third-order valence-electron chi connectivity index (χ3n) is 7.81. The summed E-state index contributed by atoms with van der Waals surface area (Å²) in [6.45, 7) is 1.82. The molecule has 212 valence electrons. The fraction of sp³-hybridized carbons (Fsp3) is 0.448. The molecule has 3 aromatic rings. The average molecular weight is 566 g/mol. The van der Waals surface area contributed by atoms with Gasteiger partial charge in [0.1, 0.15) is 11.9 Å². The van der Waals surface area contributed by atoms with Gasteiger partial charge >= 0.3 is 0 Å². The summed E-state index contributed by atoms with van der Waals surface area (Å²) in [4.78, 5) is 6.56. The largest absolute Gasteiger partial charge is 0.493 e. The fourth-order valence-corrected chi connectivity index (χ4v) is 7.23. The van der Waals surface area contributed by atoms with Gasteiger partial charge in [0.15, 0.2) is 16.5 Å². The molecule has 2 aliphatic rings. The molecular weight excluding hydrogens is 530 g/mol. The molecule has 2 bridgehead atoms. The summed E-state index contributed by atoms with van der Waals surface area (Å²) in [5.41, 5.74) is 1.59. The highest BCUT2D eigenvalue weighted by molar-refractivity contribution is 7.89. The molecule has 0 spiro atoms. The van der Waals surface area contributed by atoms with Crippen LogP contribution in [0.3, 0.4) is 0 Å². The Kier molecular flexibility index (Phi) is 8.30. The van der Waals surface area contributed by atoms with Crippen molar-refractivity contribution in [2.45, 2.75) is 48.9 Å². The van der Waals surface area contributed by atoms with Crippen LogP contribution in [0.4, 0.5) is 0 Å². The molecule has 0 aliphatic carbocycles. The maximum absolute atomic E-state index is 13.2. The third kappa shape index (κ3) is 5.80. The van der Waals surface area contributed by atoms with Gasteiger partial charge in [0, 0.05) is 44.5 Å². The van der Waals surface area contributed by atoms with E-state index in [2.05, 4.69) is 16.0 Å². The van der Waals surface area contributed by atoms with Crippen LogP contribution in [0, 0.1) is 11.3 Å². The molecule has 0 saturated carbocycles. The Morgan fingerprint density at radius 3 is 2.35 bits per heavy atom. The van der Waals surface area contributed by atoms with Crippen LogP contribution >= 0.6 is 0 Å². The van der Waals surface area contributed by atoms with Crippen molar-refractivity contribution in [1.82, 2.24) is 18.8 Å². The van der Waals surface area contributed by atoms with Crippen molar-refractivity contribution in [3.05, 3.63) is 66.1 Å². The Bertz CT molecular complexity index is 1450. The van der Waals surface area contributed by atoms with E-state index < -0.39 is 10.0 Å². The maximum Gasteiger partial charge on any atom is 0.262 e. The minimum Gasteiger partial charge on any atom is -0.493 e. The van der Waals surface area contributed by atoms with E-state index in [1.165, 1.54) is 6.33 Å². The Morgan fingerprint density at radius 1 is 1.05 bits per heavy atom. The molecular formula is C29H35N5O5S. The van der Waals surface area contributed by atoms with E-state index in [9.17, 15) is 13.7 Å². The number of nitrogens with zero attached hydrogens (tertiary/aromatic N) is 5. The number of methoxy groups -OCH3 is 2. The predicted molar refractivity (Wildman–Crippen MR) is 149 cm³/mol. The summed E-state index contributed by atoms with van der Waals surface area (Å²) in [5.74, 6) is 1.89. The number of rotatable bonds is 11. The van der Waals surface area contributed by atoms with E-state index >= 15 is 0 Å². The van der Waals surface area contributed by atoms with Crippen LogP contribution in [0.5, 0.6) is 17.2 Å². The quantitative estimate of drug-likeness (QED) is 0.346. The first-order valence-electron chi connectivity index (χ1n) is 13.4. The smallest absolute Gasteiger partial charge is 0.262 e. The molecule has 2 aliphatic heterocycles. The zero-order valence-electron chi connectivity index (χ0n) is 23.1. The second-order valence-corrected chi connectivity index (χ2v) is 12.2. The molecule has 11 heteroatoms. The average Bonchev–Trinajstić information content (AvgIpc) is 3.51. The molecule has 3 atom stereocenters. The monoisotopic (exact) mass is 565 g/mol. The first-order chi connectivity index (χ1) is 19.3. The van der Waals surface area contributed by atoms with Gasteiger partial charge in [0.25, 0.3) is 10.0 Å². The van der Waals surface area contributed by atoms with Gasteiger partial charge in [-0.3, -0.25) is 4.90 Å². The number of aryl methyl sites for hydroxylation is 1. The van der Waals surface area contributed by atoms with E-state index in [4.69, 9.17) is 14.2 Å². The molecule has 2 unspecified atom stereocenters. The van der Waals surface area contributed by atoms with Crippen LogP contribution < -0.4 is 14.2 Å². The van der Waals surface area contributed by atoms with Crippen LogP contribution in [0.15, 0.2) is 60.0 Å². The SMILES string of the molecule is COc1ccc(O[C@@H](CCCN2C3CCC2CN(S(=O)(=O)c2cn(C)cn2)C3)c2ccc(C#N)cc2)cc1OC. The first kappa shape index (κ1) is 28.0. The molecule has 2 fully saturated rings. The molecule has 0 N–H and O–H groups in total. The van der Waals surface area contributed by atoms with Gasteiger partial charge in [0.2, 0.25) is 0 Å². The number of fused-ring (bicyclic) bond motifs is 2. The number of imidazole rings is 1. The lowest BCUT2D eigenvalue weighted by Crippen LogP contribution is -2.55. The zero-order chi connectivity index (χ0) is 28.3. The lowest BCUT2D eigenvalue weighted by atomic mass is 10.0. The fourth-order valence-electron chi connectivity index (χ4n) is 5.75. The van der Waals surface area contributed by atoms with Crippen molar-refractivity contribution in [3.8, 4) is 23.3 Å². The van der Waals surface area contributed by atoms with Crippen molar-refractivity contribution in [3.63, 3.8) is 0 Å². The van der Waals surface area contributed by atoms with Crippen LogP contribution in [0.1, 0.15) is 42.9 Å². The van der Waals surface area contributed by atoms with Gasteiger partial charge in [-0.25, -0.2) is 13.4 Å². The highest BCUT2D eigenvalue weighted by Gasteiger charge is 2.44. The number of aromatic nitrogens is 2. The Hall–Kier alpha value is -3.59. The van der Waals surface area contributed by atoms with E-state index in [0.29, 0.717) is 35.9 Å². The summed E-state index contributed by atoms with van der Waals surface area (Å²) >= 11 is 0. The van der Waals surface area contributed by atoms with E-state index in [-0.39, 0.29) is 23.2 Å². The molecule has 1 aromatic heterocycles. The normalized spacial score (nSPS) is 20.1. The zero-order valence-corrected chi connectivity index (χ0v) is 23.9. The number of piperazine rings is 1. The van der Waals surface area contributed by atoms with E-state index in [1.807, 2.05) is 42.5 Å². The van der Waals surface area contributed by atoms with Crippen LogP contribution in [-0.2, 0) is 17.1 Å². The Balaban J connectivity index is 1.26. The summed E-state index contributed by atoms with van der Waals surface area (Å²) in [7, 11) is 1.36. The van der Waals surface area contributed by atoms with Crippen molar-refractivity contribution in [2.24, 2.45) is 7.05 Å². The van der Waals surface area contributed by atoms with E-state index in [1.54, 1.807) is 36.3 Å². The predicted octanol–water partition coefficient (Wildman–Crippen LogP) is 3.75. The lowest BCUT2D eigenvalue weighted by molar-refractivity contribution is 0.101. The van der Waals surface area contributed by atoms with Crippen molar-refractivity contribution in [2.75, 3.05) is 33.9 Å². The molecule has 3 heterocycles. The second kappa shape index (κ2) is 11.9. The molecule has 5 rings (SSSR count). The van der Waals surface area contributed by atoms with Crippen LogP contribution in [0.2, 0.25) is 0 Å². The minimum atomic E-state index is -3.60. The highest BCUT2D eigenvalue weighted by atomic mass is 32.2. The Morgan fingerprint density at radius 2 is 1.75 bits per heavy atom. The molecule has 10 nitrogen and oxygen atoms in total. The topological polar surface area (TPSA) is 110 Å². The van der Waals surface area contributed by atoms with Crippen molar-refractivity contribution in [1.29, 1.82) is 5.26 Å². The highest BCUT2D eigenvalue weighted by Crippen LogP contribution is 2.36.